The van der Waals surface area contributed by atoms with Crippen molar-refractivity contribution in [3.05, 3.63) is 83.2 Å². The van der Waals surface area contributed by atoms with Gasteiger partial charge < -0.3 is 15.2 Å². The topological polar surface area (TPSA) is 88.9 Å². The first-order chi connectivity index (χ1) is 15.4. The number of aryl methyl sites for hydroxylation is 1. The molecule has 0 saturated carbocycles. The minimum atomic E-state index is -0.429. The van der Waals surface area contributed by atoms with Gasteiger partial charge in [-0.1, -0.05) is 59.3 Å². The molecule has 0 aliphatic heterocycles. The molecule has 0 fully saturated rings. The van der Waals surface area contributed by atoms with E-state index in [0.717, 1.165) is 11.3 Å². The van der Waals surface area contributed by atoms with Crippen molar-refractivity contribution in [2.75, 3.05) is 11.1 Å². The van der Waals surface area contributed by atoms with Crippen LogP contribution in [-0.2, 0) is 11.3 Å². The van der Waals surface area contributed by atoms with Crippen LogP contribution < -0.4 is 10.6 Å². The molecule has 7 nitrogen and oxygen atoms in total. The zero-order valence-corrected chi connectivity index (χ0v) is 19.4. The molecule has 9 heteroatoms. The van der Waals surface area contributed by atoms with E-state index in [1.165, 1.54) is 11.8 Å². The minimum absolute atomic E-state index is 0.145. The van der Waals surface area contributed by atoms with Crippen molar-refractivity contribution < 1.29 is 9.59 Å². The van der Waals surface area contributed by atoms with Gasteiger partial charge in [0.05, 0.1) is 22.4 Å². The van der Waals surface area contributed by atoms with Gasteiger partial charge in [-0.25, -0.2) is 0 Å². The maximum atomic E-state index is 12.6. The lowest BCUT2D eigenvalue weighted by atomic mass is 10.2. The van der Waals surface area contributed by atoms with Crippen molar-refractivity contribution in [2.24, 2.45) is 0 Å². The van der Waals surface area contributed by atoms with Crippen LogP contribution in [0.15, 0.2) is 66.3 Å². The molecule has 3 rings (SSSR count). The smallest absolute Gasteiger partial charge is 0.253 e. The van der Waals surface area contributed by atoms with Crippen LogP contribution in [0, 0.1) is 6.92 Å². The van der Waals surface area contributed by atoms with Gasteiger partial charge in [0, 0.05) is 12.2 Å². The molecule has 0 radical (unpaired) electrons. The van der Waals surface area contributed by atoms with Crippen molar-refractivity contribution in [2.45, 2.75) is 31.6 Å². The molecule has 166 valence electrons. The van der Waals surface area contributed by atoms with E-state index in [1.54, 1.807) is 30.3 Å². The largest absolute Gasteiger partial charge is 0.342 e. The Labute approximate surface area is 196 Å². The van der Waals surface area contributed by atoms with E-state index < -0.39 is 6.04 Å². The summed E-state index contributed by atoms with van der Waals surface area (Å²) in [5, 5.41) is 15.2. The Kier molecular flexibility index (Phi) is 8.08. The fourth-order valence-corrected chi connectivity index (χ4v) is 3.95. The lowest BCUT2D eigenvalue weighted by Gasteiger charge is -2.15. The molecule has 0 aliphatic rings. The number of amides is 2. The first-order valence-corrected chi connectivity index (χ1v) is 11.3. The summed E-state index contributed by atoms with van der Waals surface area (Å²) in [6, 6.07) is 14.0. The van der Waals surface area contributed by atoms with E-state index in [0.29, 0.717) is 28.1 Å². The molecule has 1 aromatic heterocycles. The van der Waals surface area contributed by atoms with Crippen LogP contribution in [0.1, 0.15) is 34.7 Å². The lowest BCUT2D eigenvalue weighted by Crippen LogP contribution is -2.29. The Bertz CT molecular complexity index is 1110. The van der Waals surface area contributed by atoms with Crippen molar-refractivity contribution in [3.8, 4) is 0 Å². The number of hydrogen-bond acceptors (Lipinski definition) is 5. The van der Waals surface area contributed by atoms with Crippen molar-refractivity contribution >= 4 is 40.9 Å². The lowest BCUT2D eigenvalue weighted by molar-refractivity contribution is -0.113. The highest BCUT2D eigenvalue weighted by atomic mass is 35.5. The SMILES string of the molecule is C=CCn1c(SCC(=O)Nc2ccc(C)cc2)nnc1[C@@H](C)NC(=O)c1ccccc1Cl. The molecule has 1 atom stereocenters. The average Bonchev–Trinajstić information content (AvgIpc) is 3.17. The van der Waals surface area contributed by atoms with E-state index in [-0.39, 0.29) is 17.6 Å². The first kappa shape index (κ1) is 23.6. The van der Waals surface area contributed by atoms with Gasteiger partial charge in [-0.15, -0.1) is 16.8 Å². The molecule has 32 heavy (non-hydrogen) atoms. The molecule has 0 saturated heterocycles. The van der Waals surface area contributed by atoms with Crippen LogP contribution in [0.2, 0.25) is 5.02 Å². The van der Waals surface area contributed by atoms with Gasteiger partial charge >= 0.3 is 0 Å². The van der Waals surface area contributed by atoms with Crippen molar-refractivity contribution in [1.29, 1.82) is 0 Å². The Morgan fingerprint density at radius 3 is 2.59 bits per heavy atom. The number of nitrogens with one attached hydrogen (secondary N) is 2. The van der Waals surface area contributed by atoms with Crippen LogP contribution in [0.25, 0.3) is 0 Å². The van der Waals surface area contributed by atoms with E-state index in [2.05, 4.69) is 27.4 Å². The second-order valence-electron chi connectivity index (χ2n) is 7.12. The number of nitrogens with zero attached hydrogens (tertiary/aromatic N) is 3. The highest BCUT2D eigenvalue weighted by Crippen LogP contribution is 2.22. The number of hydrogen-bond donors (Lipinski definition) is 2. The number of aromatic nitrogens is 3. The summed E-state index contributed by atoms with van der Waals surface area (Å²) in [6.45, 7) is 8.03. The van der Waals surface area contributed by atoms with Crippen LogP contribution in [-0.4, -0.2) is 32.3 Å². The standard InChI is InChI=1S/C23H24ClN5O2S/c1-4-13-29-21(16(3)25-22(31)18-7-5-6-8-19(18)24)27-28-23(29)32-14-20(30)26-17-11-9-15(2)10-12-17/h4-12,16H,1,13-14H2,2-3H3,(H,25,31)(H,26,30)/t16-/m1/s1. The highest BCUT2D eigenvalue weighted by Gasteiger charge is 2.21. The van der Waals surface area contributed by atoms with Crippen LogP contribution >= 0.6 is 23.4 Å². The minimum Gasteiger partial charge on any atom is -0.342 e. The monoisotopic (exact) mass is 469 g/mol. The maximum absolute atomic E-state index is 12.6. The second kappa shape index (κ2) is 11.0. The van der Waals surface area contributed by atoms with Gasteiger partial charge in [0.25, 0.3) is 5.91 Å². The fraction of sp³-hybridized carbons (Fsp3) is 0.217. The number of carbonyl (C=O) groups excluding carboxylic acids is 2. The van der Waals surface area contributed by atoms with Gasteiger partial charge in [0.15, 0.2) is 11.0 Å². The Hall–Kier alpha value is -3.10. The number of benzene rings is 2. The number of carbonyl (C=O) groups is 2. The summed E-state index contributed by atoms with van der Waals surface area (Å²) in [7, 11) is 0. The van der Waals surface area contributed by atoms with Crippen LogP contribution in [0.5, 0.6) is 0 Å². The summed E-state index contributed by atoms with van der Waals surface area (Å²) in [5.41, 5.74) is 2.25. The summed E-state index contributed by atoms with van der Waals surface area (Å²) < 4.78 is 1.83. The van der Waals surface area contributed by atoms with Gasteiger partial charge in [-0.3, -0.25) is 9.59 Å². The third-order valence-corrected chi connectivity index (χ3v) is 5.87. The molecule has 2 aromatic carbocycles. The Balaban J connectivity index is 1.67. The summed E-state index contributed by atoms with van der Waals surface area (Å²) in [4.78, 5) is 24.9. The molecule has 0 bridgehead atoms. The van der Waals surface area contributed by atoms with Gasteiger partial charge in [-0.05, 0) is 38.1 Å². The fourth-order valence-electron chi connectivity index (χ4n) is 2.98. The highest BCUT2D eigenvalue weighted by molar-refractivity contribution is 7.99. The molecule has 0 unspecified atom stereocenters. The molecule has 3 aromatic rings. The zero-order chi connectivity index (χ0) is 23.1. The second-order valence-corrected chi connectivity index (χ2v) is 8.47. The maximum Gasteiger partial charge on any atom is 0.253 e. The van der Waals surface area contributed by atoms with Crippen molar-refractivity contribution in [1.82, 2.24) is 20.1 Å². The quantitative estimate of drug-likeness (QED) is 0.352. The summed E-state index contributed by atoms with van der Waals surface area (Å²) in [6.07, 6.45) is 1.71. The number of allylic oxidation sites excluding steroid dienone is 1. The normalized spacial score (nSPS) is 11.6. The summed E-state index contributed by atoms with van der Waals surface area (Å²) >= 11 is 7.39. The first-order valence-electron chi connectivity index (χ1n) is 9.97. The van der Waals surface area contributed by atoms with E-state index >= 15 is 0 Å². The number of anilines is 1. The molecular formula is C23H24ClN5O2S. The van der Waals surface area contributed by atoms with Gasteiger partial charge in [0.2, 0.25) is 5.91 Å². The number of thioether (sulfide) groups is 1. The number of rotatable bonds is 9. The Morgan fingerprint density at radius 2 is 1.91 bits per heavy atom. The molecular weight excluding hydrogens is 446 g/mol. The average molecular weight is 470 g/mol. The molecule has 0 aliphatic carbocycles. The third kappa shape index (κ3) is 5.99. The van der Waals surface area contributed by atoms with Crippen LogP contribution in [0.4, 0.5) is 5.69 Å². The predicted molar refractivity (Wildman–Crippen MR) is 128 cm³/mol. The predicted octanol–water partition coefficient (Wildman–Crippen LogP) is 4.65. The van der Waals surface area contributed by atoms with E-state index in [9.17, 15) is 9.59 Å². The van der Waals surface area contributed by atoms with Gasteiger partial charge in [-0.2, -0.15) is 0 Å². The van der Waals surface area contributed by atoms with Gasteiger partial charge in [0.1, 0.15) is 0 Å². The van der Waals surface area contributed by atoms with Crippen molar-refractivity contribution in [3.63, 3.8) is 0 Å². The Morgan fingerprint density at radius 1 is 1.19 bits per heavy atom. The molecule has 2 amide bonds. The molecule has 1 heterocycles. The summed E-state index contributed by atoms with van der Waals surface area (Å²) in [5.74, 6) is 0.284. The zero-order valence-electron chi connectivity index (χ0n) is 17.8. The molecule has 2 N–H and O–H groups in total. The van der Waals surface area contributed by atoms with E-state index in [4.69, 9.17) is 11.6 Å². The number of halogens is 1. The van der Waals surface area contributed by atoms with E-state index in [1.807, 2.05) is 42.7 Å². The van der Waals surface area contributed by atoms with Crippen LogP contribution in [0.3, 0.4) is 0 Å². The molecule has 0 spiro atoms. The third-order valence-electron chi connectivity index (χ3n) is 4.58.